The van der Waals surface area contributed by atoms with Gasteiger partial charge in [-0.15, -0.1) is 6.58 Å². The van der Waals surface area contributed by atoms with Crippen molar-refractivity contribution in [3.05, 3.63) is 84.4 Å². The van der Waals surface area contributed by atoms with E-state index in [1.165, 1.54) is 11.1 Å². The molecule has 20 heavy (non-hydrogen) atoms. The number of amidine groups is 1. The minimum atomic E-state index is 0.158. The summed E-state index contributed by atoms with van der Waals surface area (Å²) in [6, 6.07) is 20.7. The van der Waals surface area contributed by atoms with E-state index in [9.17, 15) is 0 Å². The fourth-order valence-corrected chi connectivity index (χ4v) is 2.87. The first-order chi connectivity index (χ1) is 9.81. The average Bonchev–Trinajstić information content (AvgIpc) is 2.52. The quantitative estimate of drug-likeness (QED) is 0.511. The second-order valence-electron chi connectivity index (χ2n) is 4.29. The lowest BCUT2D eigenvalue weighted by atomic mass is 10.0. The maximum atomic E-state index is 6.00. The van der Waals surface area contributed by atoms with Crippen LogP contribution in [0.1, 0.15) is 16.4 Å². The SMILES string of the molecule is C=CCN=C(N)SC(c1ccccc1)c1ccccc1. The molecule has 0 saturated carbocycles. The zero-order valence-electron chi connectivity index (χ0n) is 11.3. The number of hydrogen-bond acceptors (Lipinski definition) is 2. The predicted octanol–water partition coefficient (Wildman–Crippen LogP) is 4.01. The van der Waals surface area contributed by atoms with Crippen LogP contribution in [0.15, 0.2) is 78.3 Å². The van der Waals surface area contributed by atoms with E-state index in [1.54, 1.807) is 17.8 Å². The Balaban J connectivity index is 2.28. The van der Waals surface area contributed by atoms with Gasteiger partial charge in [0.15, 0.2) is 5.17 Å². The number of thioether (sulfide) groups is 1. The Hall–Kier alpha value is -2.00. The third-order valence-electron chi connectivity index (χ3n) is 2.82. The van der Waals surface area contributed by atoms with Crippen LogP contribution in [0.2, 0.25) is 0 Å². The third kappa shape index (κ3) is 4.00. The van der Waals surface area contributed by atoms with Crippen molar-refractivity contribution < 1.29 is 0 Å². The van der Waals surface area contributed by atoms with Crippen LogP contribution < -0.4 is 5.73 Å². The zero-order valence-corrected chi connectivity index (χ0v) is 12.1. The fourth-order valence-electron chi connectivity index (χ4n) is 1.90. The largest absolute Gasteiger partial charge is 0.379 e. The Morgan fingerprint density at radius 1 is 1.05 bits per heavy atom. The summed E-state index contributed by atoms with van der Waals surface area (Å²) in [5.41, 5.74) is 8.45. The molecule has 0 bridgehead atoms. The van der Waals surface area contributed by atoms with E-state index in [2.05, 4.69) is 35.8 Å². The third-order valence-corrected chi connectivity index (χ3v) is 3.97. The van der Waals surface area contributed by atoms with Gasteiger partial charge in [-0.1, -0.05) is 78.5 Å². The van der Waals surface area contributed by atoms with Crippen LogP contribution >= 0.6 is 11.8 Å². The number of rotatable bonds is 5. The minimum absolute atomic E-state index is 0.158. The summed E-state index contributed by atoms with van der Waals surface area (Å²) in [5, 5.41) is 0.744. The Labute approximate surface area is 124 Å². The van der Waals surface area contributed by atoms with Crippen LogP contribution in [0, 0.1) is 0 Å². The lowest BCUT2D eigenvalue weighted by Crippen LogP contribution is -2.11. The first-order valence-corrected chi connectivity index (χ1v) is 7.36. The van der Waals surface area contributed by atoms with Crippen molar-refractivity contribution in [2.75, 3.05) is 6.54 Å². The molecule has 2 rings (SSSR count). The van der Waals surface area contributed by atoms with Gasteiger partial charge in [0.05, 0.1) is 11.8 Å². The summed E-state index contributed by atoms with van der Waals surface area (Å²) >= 11 is 1.57. The molecule has 0 unspecified atom stereocenters. The first-order valence-electron chi connectivity index (χ1n) is 6.48. The van der Waals surface area contributed by atoms with Crippen LogP contribution in [-0.2, 0) is 0 Å². The van der Waals surface area contributed by atoms with Crippen LogP contribution in [0.4, 0.5) is 0 Å². The van der Waals surface area contributed by atoms with E-state index in [-0.39, 0.29) is 5.25 Å². The van der Waals surface area contributed by atoms with Crippen molar-refractivity contribution in [1.82, 2.24) is 0 Å². The molecule has 0 radical (unpaired) electrons. The van der Waals surface area contributed by atoms with E-state index in [1.807, 2.05) is 36.4 Å². The van der Waals surface area contributed by atoms with Gasteiger partial charge in [-0.05, 0) is 11.1 Å². The summed E-state index contributed by atoms with van der Waals surface area (Å²) in [4.78, 5) is 4.27. The molecule has 2 aromatic carbocycles. The molecule has 3 heteroatoms. The van der Waals surface area contributed by atoms with Crippen molar-refractivity contribution in [1.29, 1.82) is 0 Å². The van der Waals surface area contributed by atoms with Gasteiger partial charge >= 0.3 is 0 Å². The van der Waals surface area contributed by atoms with Crippen molar-refractivity contribution >= 4 is 16.9 Å². The first kappa shape index (κ1) is 14.4. The Bertz CT molecular complexity index is 525. The topological polar surface area (TPSA) is 38.4 Å². The molecule has 102 valence electrons. The summed E-state index contributed by atoms with van der Waals surface area (Å²) in [6.07, 6.45) is 1.74. The summed E-state index contributed by atoms with van der Waals surface area (Å²) < 4.78 is 0. The molecular formula is C17H18N2S. The van der Waals surface area contributed by atoms with Crippen molar-refractivity contribution in [3.63, 3.8) is 0 Å². The molecule has 0 amide bonds. The van der Waals surface area contributed by atoms with Gasteiger partial charge in [0.1, 0.15) is 0 Å². The Morgan fingerprint density at radius 2 is 1.55 bits per heavy atom. The van der Waals surface area contributed by atoms with E-state index in [4.69, 9.17) is 5.73 Å². The van der Waals surface area contributed by atoms with Gasteiger partial charge in [-0.2, -0.15) is 0 Å². The molecule has 0 aliphatic rings. The highest BCUT2D eigenvalue weighted by Crippen LogP contribution is 2.35. The normalized spacial score (nSPS) is 11.6. The maximum Gasteiger partial charge on any atom is 0.155 e. The number of aliphatic imine (C=N–C) groups is 1. The summed E-state index contributed by atoms with van der Waals surface area (Å²) in [6.45, 7) is 4.21. The molecule has 2 nitrogen and oxygen atoms in total. The van der Waals surface area contributed by atoms with Gasteiger partial charge < -0.3 is 5.73 Å². The van der Waals surface area contributed by atoms with Crippen LogP contribution in [0.5, 0.6) is 0 Å². The van der Waals surface area contributed by atoms with Gasteiger partial charge in [-0.3, -0.25) is 4.99 Å². The predicted molar refractivity (Wildman–Crippen MR) is 89.0 cm³/mol. The highest BCUT2D eigenvalue weighted by molar-refractivity contribution is 8.14. The molecule has 0 atom stereocenters. The highest BCUT2D eigenvalue weighted by Gasteiger charge is 2.15. The second kappa shape index (κ2) is 7.56. The van der Waals surface area contributed by atoms with Gasteiger partial charge in [-0.25, -0.2) is 0 Å². The molecule has 2 N–H and O–H groups in total. The van der Waals surface area contributed by atoms with Crippen molar-refractivity contribution in [3.8, 4) is 0 Å². The molecule has 0 aliphatic heterocycles. The monoisotopic (exact) mass is 282 g/mol. The fraction of sp³-hybridized carbons (Fsp3) is 0.118. The molecule has 0 spiro atoms. The van der Waals surface area contributed by atoms with E-state index in [0.717, 1.165) is 0 Å². The lowest BCUT2D eigenvalue weighted by Gasteiger charge is -2.17. The summed E-state index contributed by atoms with van der Waals surface area (Å²) in [7, 11) is 0. The number of nitrogens with two attached hydrogens (primary N) is 1. The van der Waals surface area contributed by atoms with Crippen LogP contribution in [-0.4, -0.2) is 11.7 Å². The van der Waals surface area contributed by atoms with Gasteiger partial charge in [0.25, 0.3) is 0 Å². The molecule has 0 heterocycles. The zero-order chi connectivity index (χ0) is 14.2. The highest BCUT2D eigenvalue weighted by atomic mass is 32.2. The van der Waals surface area contributed by atoms with Crippen LogP contribution in [0.25, 0.3) is 0 Å². The van der Waals surface area contributed by atoms with Crippen molar-refractivity contribution in [2.45, 2.75) is 5.25 Å². The molecular weight excluding hydrogens is 264 g/mol. The smallest absolute Gasteiger partial charge is 0.155 e. The second-order valence-corrected chi connectivity index (χ2v) is 5.41. The molecule has 0 aromatic heterocycles. The van der Waals surface area contributed by atoms with Crippen molar-refractivity contribution in [2.24, 2.45) is 10.7 Å². The standard InChI is InChI=1S/C17H18N2S/c1-2-13-19-17(18)20-16(14-9-5-3-6-10-14)15-11-7-4-8-12-15/h2-12,16H,1,13H2,(H2,18,19). The maximum absolute atomic E-state index is 6.00. The number of hydrogen-bond donors (Lipinski definition) is 1. The number of benzene rings is 2. The average molecular weight is 282 g/mol. The molecule has 2 aromatic rings. The lowest BCUT2D eigenvalue weighted by molar-refractivity contribution is 1.16. The Morgan fingerprint density at radius 3 is 2.00 bits per heavy atom. The number of nitrogens with zero attached hydrogens (tertiary/aromatic N) is 1. The summed E-state index contributed by atoms with van der Waals surface area (Å²) in [5.74, 6) is 0. The van der Waals surface area contributed by atoms with E-state index in [0.29, 0.717) is 11.7 Å². The minimum Gasteiger partial charge on any atom is -0.379 e. The molecule has 0 saturated heterocycles. The molecule has 0 aliphatic carbocycles. The van der Waals surface area contributed by atoms with Crippen LogP contribution in [0.3, 0.4) is 0 Å². The van der Waals surface area contributed by atoms with E-state index < -0.39 is 0 Å². The van der Waals surface area contributed by atoms with Gasteiger partial charge in [0.2, 0.25) is 0 Å². The van der Waals surface area contributed by atoms with Gasteiger partial charge in [0, 0.05) is 0 Å². The van der Waals surface area contributed by atoms with E-state index >= 15 is 0 Å². The molecule has 0 fully saturated rings. The Kier molecular flexibility index (Phi) is 5.44.